The summed E-state index contributed by atoms with van der Waals surface area (Å²) >= 11 is 19.1. The first kappa shape index (κ1) is 29.9. The van der Waals surface area contributed by atoms with Crippen molar-refractivity contribution in [2.24, 2.45) is 0 Å². The highest BCUT2D eigenvalue weighted by Crippen LogP contribution is 2.36. The second-order valence-corrected chi connectivity index (χ2v) is 13.5. The minimum atomic E-state index is -4.27. The van der Waals surface area contributed by atoms with Gasteiger partial charge in [-0.15, -0.1) is 0 Å². The molecule has 1 heterocycles. The highest BCUT2D eigenvalue weighted by atomic mass is 35.5. The SMILES string of the molecule is CN(C(=O)c1ccc(NC(=O)C2Cc3ccccc3CN2S(=O)(=O)c2c(Cl)cccc2Cl)cc1Cl)C1CCCCC1. The molecule has 1 aliphatic heterocycles. The van der Waals surface area contributed by atoms with Gasteiger partial charge in [-0.1, -0.05) is 84.4 Å². The van der Waals surface area contributed by atoms with Crippen LogP contribution < -0.4 is 5.32 Å². The van der Waals surface area contributed by atoms with Gasteiger partial charge in [-0.2, -0.15) is 4.31 Å². The zero-order chi connectivity index (χ0) is 29.3. The van der Waals surface area contributed by atoms with E-state index < -0.39 is 22.0 Å². The Morgan fingerprint density at radius 1 is 0.878 bits per heavy atom. The van der Waals surface area contributed by atoms with Crippen LogP contribution in [0.15, 0.2) is 65.6 Å². The molecule has 1 aliphatic carbocycles. The first-order valence-corrected chi connectivity index (χ1v) is 16.1. The number of sulfonamides is 1. The third-order valence-electron chi connectivity index (χ3n) is 7.90. The molecular weight excluding hydrogens is 605 g/mol. The molecule has 7 nitrogen and oxygen atoms in total. The summed E-state index contributed by atoms with van der Waals surface area (Å²) in [6.45, 7) is -0.0279. The van der Waals surface area contributed by atoms with Crippen molar-refractivity contribution in [2.45, 2.75) is 62.0 Å². The molecule has 1 fully saturated rings. The first-order valence-electron chi connectivity index (χ1n) is 13.5. The lowest BCUT2D eigenvalue weighted by Gasteiger charge is -2.35. The Balaban J connectivity index is 1.41. The third-order valence-corrected chi connectivity index (χ3v) is 11.0. The molecule has 216 valence electrons. The molecule has 3 aromatic rings. The van der Waals surface area contributed by atoms with Gasteiger partial charge in [0.05, 0.1) is 20.6 Å². The Morgan fingerprint density at radius 3 is 2.20 bits per heavy atom. The average Bonchev–Trinajstić information content (AvgIpc) is 2.96. The van der Waals surface area contributed by atoms with E-state index in [4.69, 9.17) is 34.8 Å². The lowest BCUT2D eigenvalue weighted by Crippen LogP contribution is -2.50. The molecule has 41 heavy (non-hydrogen) atoms. The van der Waals surface area contributed by atoms with Crippen molar-refractivity contribution >= 4 is 62.3 Å². The highest BCUT2D eigenvalue weighted by molar-refractivity contribution is 7.89. The standard InChI is InChI=1S/C30H30Cl3N3O4S/c1-35(22-10-3-2-4-11-22)30(38)23-15-14-21(17-26(23)33)34-29(37)27-16-19-8-5-6-9-20(19)18-36(27)41(39,40)28-24(31)12-7-13-25(28)32/h5-9,12-15,17,22,27H,2-4,10-11,16,18H2,1H3,(H,34,37). The number of halogens is 3. The Kier molecular flexibility index (Phi) is 8.97. The lowest BCUT2D eigenvalue weighted by atomic mass is 9.94. The highest BCUT2D eigenvalue weighted by Gasteiger charge is 2.41. The zero-order valence-electron chi connectivity index (χ0n) is 22.4. The average molecular weight is 635 g/mol. The van der Waals surface area contributed by atoms with Gasteiger partial charge >= 0.3 is 0 Å². The van der Waals surface area contributed by atoms with Crippen molar-refractivity contribution in [3.05, 3.63) is 92.4 Å². The topological polar surface area (TPSA) is 86.8 Å². The van der Waals surface area contributed by atoms with Gasteiger partial charge < -0.3 is 10.2 Å². The summed E-state index contributed by atoms with van der Waals surface area (Å²) in [5.74, 6) is -0.710. The number of fused-ring (bicyclic) bond motifs is 1. The Bertz CT molecular complexity index is 1570. The Labute approximate surface area is 255 Å². The zero-order valence-corrected chi connectivity index (χ0v) is 25.5. The van der Waals surface area contributed by atoms with Crippen molar-refractivity contribution in [1.82, 2.24) is 9.21 Å². The van der Waals surface area contributed by atoms with Crippen molar-refractivity contribution in [3.63, 3.8) is 0 Å². The van der Waals surface area contributed by atoms with E-state index in [1.54, 1.807) is 30.1 Å². The molecule has 1 atom stereocenters. The van der Waals surface area contributed by atoms with E-state index in [0.29, 0.717) is 11.3 Å². The maximum Gasteiger partial charge on any atom is 0.255 e. The molecule has 2 amide bonds. The van der Waals surface area contributed by atoms with Gasteiger partial charge in [0.25, 0.3) is 5.91 Å². The van der Waals surface area contributed by atoms with E-state index in [0.717, 1.165) is 41.1 Å². The number of benzene rings is 3. The number of nitrogens with zero attached hydrogens (tertiary/aromatic N) is 2. The fourth-order valence-electron chi connectivity index (χ4n) is 5.64. The summed E-state index contributed by atoms with van der Waals surface area (Å²) < 4.78 is 28.9. The van der Waals surface area contributed by atoms with Crippen LogP contribution in [0.5, 0.6) is 0 Å². The third kappa shape index (κ3) is 6.13. The number of amides is 2. The minimum Gasteiger partial charge on any atom is -0.339 e. The number of nitrogens with one attached hydrogen (secondary N) is 1. The molecule has 2 aliphatic rings. The van der Waals surface area contributed by atoms with Crippen LogP contribution in [0.2, 0.25) is 15.1 Å². The quantitative estimate of drug-likeness (QED) is 0.323. The summed E-state index contributed by atoms with van der Waals surface area (Å²) in [6, 6.07) is 15.6. The van der Waals surface area contributed by atoms with Crippen LogP contribution >= 0.6 is 34.8 Å². The molecule has 0 radical (unpaired) electrons. The summed E-state index contributed by atoms with van der Waals surface area (Å²) in [6.07, 6.45) is 5.48. The van der Waals surface area contributed by atoms with Crippen LogP contribution in [0.3, 0.4) is 0 Å². The normalized spacial score (nSPS) is 18.0. The largest absolute Gasteiger partial charge is 0.339 e. The van der Waals surface area contributed by atoms with Crippen molar-refractivity contribution in [2.75, 3.05) is 12.4 Å². The fraction of sp³-hybridized carbons (Fsp3) is 0.333. The molecule has 0 bridgehead atoms. The smallest absolute Gasteiger partial charge is 0.255 e. The number of carbonyl (C=O) groups excluding carboxylic acids is 2. The van der Waals surface area contributed by atoms with Crippen molar-refractivity contribution in [3.8, 4) is 0 Å². The molecule has 1 N–H and O–H groups in total. The van der Waals surface area contributed by atoms with E-state index in [2.05, 4.69) is 5.32 Å². The summed E-state index contributed by atoms with van der Waals surface area (Å²) in [7, 11) is -2.47. The number of rotatable bonds is 6. The van der Waals surface area contributed by atoms with E-state index >= 15 is 0 Å². The van der Waals surface area contributed by atoms with Crippen LogP contribution in [0.1, 0.15) is 53.6 Å². The predicted molar refractivity (Wildman–Crippen MR) is 162 cm³/mol. The Hall–Kier alpha value is -2.62. The molecule has 1 saturated carbocycles. The van der Waals surface area contributed by atoms with Gasteiger partial charge in [0.2, 0.25) is 15.9 Å². The van der Waals surface area contributed by atoms with E-state index in [1.165, 1.54) is 24.6 Å². The van der Waals surface area contributed by atoms with Gasteiger partial charge in [-0.25, -0.2) is 8.42 Å². The molecule has 0 spiro atoms. The molecule has 3 aromatic carbocycles. The fourth-order valence-corrected chi connectivity index (χ4v) is 8.56. The second kappa shape index (κ2) is 12.3. The monoisotopic (exact) mass is 633 g/mol. The molecule has 11 heteroatoms. The van der Waals surface area contributed by atoms with Crippen LogP contribution in [-0.4, -0.2) is 48.6 Å². The number of hydrogen-bond acceptors (Lipinski definition) is 4. The van der Waals surface area contributed by atoms with Crippen LogP contribution in [0.4, 0.5) is 5.69 Å². The van der Waals surface area contributed by atoms with Gasteiger partial charge in [0, 0.05) is 25.3 Å². The summed E-state index contributed by atoms with van der Waals surface area (Å²) in [4.78, 5) is 28.4. The lowest BCUT2D eigenvalue weighted by molar-refractivity contribution is -0.120. The number of hydrogen-bond donors (Lipinski definition) is 1. The van der Waals surface area contributed by atoms with E-state index in [1.807, 2.05) is 24.3 Å². The van der Waals surface area contributed by atoms with Crippen molar-refractivity contribution in [1.29, 1.82) is 0 Å². The van der Waals surface area contributed by atoms with Gasteiger partial charge in [0.15, 0.2) is 0 Å². The number of anilines is 1. The minimum absolute atomic E-state index is 0.0271. The van der Waals surface area contributed by atoms with Crippen molar-refractivity contribution < 1.29 is 18.0 Å². The maximum absolute atomic E-state index is 13.9. The second-order valence-electron chi connectivity index (χ2n) is 10.5. The van der Waals surface area contributed by atoms with E-state index in [9.17, 15) is 18.0 Å². The molecule has 0 aromatic heterocycles. The molecule has 1 unspecified atom stereocenters. The molecule has 0 saturated heterocycles. The van der Waals surface area contributed by atoms with Crippen LogP contribution in [0, 0.1) is 0 Å². The van der Waals surface area contributed by atoms with Crippen LogP contribution in [0.25, 0.3) is 0 Å². The van der Waals surface area contributed by atoms with E-state index in [-0.39, 0.29) is 44.9 Å². The van der Waals surface area contributed by atoms with Gasteiger partial charge in [-0.3, -0.25) is 9.59 Å². The summed E-state index contributed by atoms with van der Waals surface area (Å²) in [5, 5.41) is 2.96. The maximum atomic E-state index is 13.9. The first-order chi connectivity index (χ1) is 19.6. The van der Waals surface area contributed by atoms with Gasteiger partial charge in [0.1, 0.15) is 10.9 Å². The predicted octanol–water partition coefficient (Wildman–Crippen LogP) is 6.81. The Morgan fingerprint density at radius 2 is 1.54 bits per heavy atom. The summed E-state index contributed by atoms with van der Waals surface area (Å²) in [5.41, 5.74) is 2.36. The number of carbonyl (C=O) groups is 2. The van der Waals surface area contributed by atoms with Crippen LogP contribution in [-0.2, 0) is 27.8 Å². The van der Waals surface area contributed by atoms with Gasteiger partial charge in [-0.05, 0) is 60.7 Å². The molecular formula is C30H30Cl3N3O4S. The molecule has 5 rings (SSSR count).